The normalized spacial score (nSPS) is 18.8. The van der Waals surface area contributed by atoms with Crippen molar-refractivity contribution in [2.24, 2.45) is 0 Å². The van der Waals surface area contributed by atoms with Crippen molar-refractivity contribution in [2.75, 3.05) is 13.1 Å². The van der Waals surface area contributed by atoms with E-state index in [-0.39, 0.29) is 11.8 Å². The van der Waals surface area contributed by atoms with E-state index in [0.29, 0.717) is 31.6 Å². The standard InChI is InChI=1S/C18H17N3O3/c22-16-9-18(24-21(16)11-14-5-2-1-3-6-14)12-20(13-18)17(23)15-7-4-8-19-10-15/h1-8,10H,9,11-13H2. The lowest BCUT2D eigenvalue weighted by molar-refractivity contribution is -0.233. The predicted molar refractivity (Wildman–Crippen MR) is 85.6 cm³/mol. The zero-order valence-corrected chi connectivity index (χ0v) is 13.1. The van der Waals surface area contributed by atoms with E-state index in [2.05, 4.69) is 4.98 Å². The number of nitrogens with zero attached hydrogens (tertiary/aromatic N) is 3. The number of carbonyl (C=O) groups is 2. The summed E-state index contributed by atoms with van der Waals surface area (Å²) >= 11 is 0. The Bertz CT molecular complexity index is 758. The van der Waals surface area contributed by atoms with Gasteiger partial charge in [-0.05, 0) is 17.7 Å². The summed E-state index contributed by atoms with van der Waals surface area (Å²) < 4.78 is 0. The van der Waals surface area contributed by atoms with Crippen LogP contribution in [0.25, 0.3) is 0 Å². The molecule has 3 heterocycles. The van der Waals surface area contributed by atoms with Crippen LogP contribution < -0.4 is 0 Å². The summed E-state index contributed by atoms with van der Waals surface area (Å²) in [5.41, 5.74) is 1.01. The molecule has 2 aromatic rings. The second-order valence-corrected chi connectivity index (χ2v) is 6.27. The SMILES string of the molecule is O=C(c1cccnc1)N1CC2(CC(=O)N(Cc3ccccc3)O2)C1. The number of hydrogen-bond donors (Lipinski definition) is 0. The molecule has 0 aliphatic carbocycles. The molecule has 4 rings (SSSR count). The molecule has 1 aromatic heterocycles. The first kappa shape index (κ1) is 14.8. The van der Waals surface area contributed by atoms with Gasteiger partial charge in [0.05, 0.1) is 31.6 Å². The van der Waals surface area contributed by atoms with Gasteiger partial charge in [0.25, 0.3) is 5.91 Å². The molecule has 24 heavy (non-hydrogen) atoms. The maximum atomic E-state index is 12.4. The summed E-state index contributed by atoms with van der Waals surface area (Å²) in [4.78, 5) is 36.1. The number of benzene rings is 1. The van der Waals surface area contributed by atoms with Crippen LogP contribution in [-0.4, -0.2) is 45.5 Å². The Hall–Kier alpha value is -2.73. The van der Waals surface area contributed by atoms with Crippen molar-refractivity contribution in [3.63, 3.8) is 0 Å². The first-order valence-corrected chi connectivity index (χ1v) is 7.88. The number of pyridine rings is 1. The average Bonchev–Trinajstić information content (AvgIpc) is 2.91. The number of rotatable bonds is 3. The van der Waals surface area contributed by atoms with E-state index in [1.54, 1.807) is 29.4 Å². The molecule has 0 N–H and O–H groups in total. The quantitative estimate of drug-likeness (QED) is 0.861. The zero-order chi connectivity index (χ0) is 16.6. The van der Waals surface area contributed by atoms with Gasteiger partial charge in [-0.2, -0.15) is 0 Å². The minimum Gasteiger partial charge on any atom is -0.332 e. The lowest BCUT2D eigenvalue weighted by Crippen LogP contribution is -2.63. The minimum absolute atomic E-state index is 0.0349. The van der Waals surface area contributed by atoms with Crippen LogP contribution in [-0.2, 0) is 16.2 Å². The molecule has 2 saturated heterocycles. The highest BCUT2D eigenvalue weighted by Gasteiger charge is 2.54. The van der Waals surface area contributed by atoms with Crippen LogP contribution in [0.4, 0.5) is 0 Å². The highest BCUT2D eigenvalue weighted by atomic mass is 16.7. The Morgan fingerprint density at radius 2 is 1.96 bits per heavy atom. The summed E-state index contributed by atoms with van der Waals surface area (Å²) in [5.74, 6) is -0.112. The van der Waals surface area contributed by atoms with Gasteiger partial charge in [-0.25, -0.2) is 5.06 Å². The van der Waals surface area contributed by atoms with E-state index < -0.39 is 5.60 Å². The average molecular weight is 323 g/mol. The van der Waals surface area contributed by atoms with Gasteiger partial charge in [-0.1, -0.05) is 30.3 Å². The maximum Gasteiger partial charge on any atom is 0.255 e. The van der Waals surface area contributed by atoms with Crippen molar-refractivity contribution in [3.8, 4) is 0 Å². The molecule has 2 aliphatic heterocycles. The van der Waals surface area contributed by atoms with Crippen molar-refractivity contribution in [1.29, 1.82) is 0 Å². The molecular weight excluding hydrogens is 306 g/mol. The lowest BCUT2D eigenvalue weighted by atomic mass is 9.90. The molecule has 6 heteroatoms. The second-order valence-electron chi connectivity index (χ2n) is 6.27. The Morgan fingerprint density at radius 3 is 2.67 bits per heavy atom. The van der Waals surface area contributed by atoms with Gasteiger partial charge < -0.3 is 4.90 Å². The molecule has 1 spiro atoms. The van der Waals surface area contributed by atoms with Gasteiger partial charge in [0.15, 0.2) is 0 Å². The number of hydrogen-bond acceptors (Lipinski definition) is 4. The topological polar surface area (TPSA) is 62.7 Å². The molecule has 2 fully saturated rings. The molecule has 0 radical (unpaired) electrons. The number of carbonyl (C=O) groups excluding carboxylic acids is 2. The fourth-order valence-electron chi connectivity index (χ4n) is 3.18. The highest BCUT2D eigenvalue weighted by molar-refractivity contribution is 5.95. The summed E-state index contributed by atoms with van der Waals surface area (Å²) in [7, 11) is 0. The first-order chi connectivity index (χ1) is 11.7. The second kappa shape index (κ2) is 5.72. The Labute approximate surface area is 139 Å². The molecular formula is C18H17N3O3. The Morgan fingerprint density at radius 1 is 1.17 bits per heavy atom. The van der Waals surface area contributed by atoms with Crippen molar-refractivity contribution in [1.82, 2.24) is 14.9 Å². The zero-order valence-electron chi connectivity index (χ0n) is 13.1. The van der Waals surface area contributed by atoms with Crippen LogP contribution in [0.2, 0.25) is 0 Å². The van der Waals surface area contributed by atoms with Crippen LogP contribution in [0, 0.1) is 0 Å². The third-order valence-corrected chi connectivity index (χ3v) is 4.38. The molecule has 122 valence electrons. The predicted octanol–water partition coefficient (Wildman–Crippen LogP) is 1.64. The Kier molecular flexibility index (Phi) is 3.54. The monoisotopic (exact) mass is 323 g/mol. The van der Waals surface area contributed by atoms with Crippen molar-refractivity contribution in [2.45, 2.75) is 18.6 Å². The van der Waals surface area contributed by atoms with E-state index >= 15 is 0 Å². The number of hydroxylamine groups is 2. The number of likely N-dealkylation sites (tertiary alicyclic amines) is 1. The van der Waals surface area contributed by atoms with E-state index in [1.165, 1.54) is 5.06 Å². The molecule has 0 bridgehead atoms. The van der Waals surface area contributed by atoms with E-state index in [4.69, 9.17) is 4.84 Å². The summed E-state index contributed by atoms with van der Waals surface area (Å²) in [6, 6.07) is 13.2. The maximum absolute atomic E-state index is 12.4. The van der Waals surface area contributed by atoms with Crippen LogP contribution in [0.15, 0.2) is 54.9 Å². The van der Waals surface area contributed by atoms with Gasteiger partial charge >= 0.3 is 0 Å². The molecule has 2 aliphatic rings. The van der Waals surface area contributed by atoms with Gasteiger partial charge in [-0.15, -0.1) is 0 Å². The van der Waals surface area contributed by atoms with E-state index in [9.17, 15) is 9.59 Å². The molecule has 0 saturated carbocycles. The van der Waals surface area contributed by atoms with Crippen molar-refractivity contribution >= 4 is 11.8 Å². The van der Waals surface area contributed by atoms with Crippen LogP contribution in [0.3, 0.4) is 0 Å². The first-order valence-electron chi connectivity index (χ1n) is 7.88. The number of aromatic nitrogens is 1. The Balaban J connectivity index is 1.39. The third-order valence-electron chi connectivity index (χ3n) is 4.38. The van der Waals surface area contributed by atoms with Crippen LogP contribution >= 0.6 is 0 Å². The molecule has 2 amide bonds. The van der Waals surface area contributed by atoms with Gasteiger partial charge in [0, 0.05) is 12.4 Å². The molecule has 6 nitrogen and oxygen atoms in total. The minimum atomic E-state index is -0.566. The van der Waals surface area contributed by atoms with Crippen molar-refractivity contribution in [3.05, 3.63) is 66.0 Å². The molecule has 0 atom stereocenters. The van der Waals surface area contributed by atoms with Crippen molar-refractivity contribution < 1.29 is 14.4 Å². The fourth-order valence-corrected chi connectivity index (χ4v) is 3.18. The van der Waals surface area contributed by atoms with Gasteiger partial charge in [-0.3, -0.25) is 19.4 Å². The van der Waals surface area contributed by atoms with E-state index in [1.807, 2.05) is 30.3 Å². The van der Waals surface area contributed by atoms with Gasteiger partial charge in [0.2, 0.25) is 5.91 Å². The third kappa shape index (κ3) is 2.65. The summed E-state index contributed by atoms with van der Waals surface area (Å²) in [6.45, 7) is 1.29. The number of amides is 2. The smallest absolute Gasteiger partial charge is 0.255 e. The van der Waals surface area contributed by atoms with Gasteiger partial charge in [0.1, 0.15) is 5.60 Å². The molecule has 1 aromatic carbocycles. The largest absolute Gasteiger partial charge is 0.332 e. The fraction of sp³-hybridized carbons (Fsp3) is 0.278. The highest BCUT2D eigenvalue weighted by Crippen LogP contribution is 2.37. The lowest BCUT2D eigenvalue weighted by Gasteiger charge is -2.45. The van der Waals surface area contributed by atoms with Crippen LogP contribution in [0.5, 0.6) is 0 Å². The molecule has 0 unspecified atom stereocenters. The summed E-state index contributed by atoms with van der Waals surface area (Å²) in [6.07, 6.45) is 3.50. The van der Waals surface area contributed by atoms with E-state index in [0.717, 1.165) is 5.56 Å². The van der Waals surface area contributed by atoms with Crippen LogP contribution in [0.1, 0.15) is 22.3 Å². The summed E-state index contributed by atoms with van der Waals surface area (Å²) in [5, 5.41) is 1.42.